The lowest BCUT2D eigenvalue weighted by atomic mass is 10.1. The Morgan fingerprint density at radius 3 is 2.53 bits per heavy atom. The summed E-state index contributed by atoms with van der Waals surface area (Å²) < 4.78 is 92.6. The summed E-state index contributed by atoms with van der Waals surface area (Å²) in [5, 5.41) is 1.85. The highest BCUT2D eigenvalue weighted by Crippen LogP contribution is 2.41. The first-order valence-electron chi connectivity index (χ1n) is 9.46. The minimum Gasteiger partial charge on any atom is -0.299 e. The molecule has 1 aromatic rings. The molecule has 0 amide bonds. The molecule has 3 heterocycles. The molecule has 0 radical (unpaired) electrons. The number of nitrogens with one attached hydrogen (secondary N) is 1. The van der Waals surface area contributed by atoms with Gasteiger partial charge in [0.2, 0.25) is 15.9 Å². The smallest absolute Gasteiger partial charge is 0.299 e. The molecule has 0 bridgehead atoms. The van der Waals surface area contributed by atoms with Crippen molar-refractivity contribution < 1.29 is 30.4 Å². The highest BCUT2D eigenvalue weighted by molar-refractivity contribution is 7.92. The minimum absolute atomic E-state index is 0.170. The quantitative estimate of drug-likeness (QED) is 0.646. The Morgan fingerprint density at radius 1 is 1.22 bits per heavy atom. The van der Waals surface area contributed by atoms with E-state index in [0.717, 1.165) is 0 Å². The van der Waals surface area contributed by atoms with Crippen LogP contribution in [0.2, 0.25) is 5.02 Å². The molecule has 174 valence electrons. The predicted octanol–water partition coefficient (Wildman–Crippen LogP) is 3.48. The number of rotatable bonds is 4. The Balaban J connectivity index is 1.70. The molecule has 7 nitrogen and oxygen atoms in total. The maximum atomic E-state index is 13.7. The molecule has 0 aliphatic carbocycles. The van der Waals surface area contributed by atoms with E-state index >= 15 is 0 Å². The zero-order chi connectivity index (χ0) is 23.6. The van der Waals surface area contributed by atoms with Crippen molar-refractivity contribution in [1.82, 2.24) is 10.4 Å². The van der Waals surface area contributed by atoms with E-state index in [2.05, 4.69) is 15.4 Å². The number of halogens is 6. The van der Waals surface area contributed by atoms with E-state index in [1.165, 1.54) is 22.3 Å². The largest absolute Gasteiger partial charge is 0.461 e. The summed E-state index contributed by atoms with van der Waals surface area (Å²) >= 11 is 6.05. The van der Waals surface area contributed by atoms with Crippen LogP contribution in [0.4, 0.5) is 27.6 Å². The van der Waals surface area contributed by atoms with Crippen molar-refractivity contribution >= 4 is 39.0 Å². The van der Waals surface area contributed by atoms with E-state index in [0.29, 0.717) is 16.3 Å². The molecule has 14 heteroatoms. The van der Waals surface area contributed by atoms with Gasteiger partial charge in [0.1, 0.15) is 11.9 Å². The Bertz CT molecular complexity index is 1160. The summed E-state index contributed by atoms with van der Waals surface area (Å²) in [5.41, 5.74) is 3.59. The first-order chi connectivity index (χ1) is 14.8. The Morgan fingerprint density at radius 2 is 1.91 bits per heavy atom. The van der Waals surface area contributed by atoms with E-state index in [-0.39, 0.29) is 23.7 Å². The normalized spacial score (nSPS) is 23.9. The number of alkyl halides is 5. The van der Waals surface area contributed by atoms with Gasteiger partial charge in [-0.2, -0.15) is 27.0 Å². The SMILES string of the molecule is CCS(=O)(=O)N1c2ccc(Cl)cc2CC1N1NC2=NC(C(F)(F)C(F)(F)F)=NC2=CC1C. The van der Waals surface area contributed by atoms with Gasteiger partial charge in [-0.25, -0.2) is 18.4 Å². The second-order valence-electron chi connectivity index (χ2n) is 7.43. The topological polar surface area (TPSA) is 77.4 Å². The average molecular weight is 498 g/mol. The monoisotopic (exact) mass is 497 g/mol. The van der Waals surface area contributed by atoms with Gasteiger partial charge in [0.25, 0.3) is 0 Å². The van der Waals surface area contributed by atoms with Crippen LogP contribution in [0.3, 0.4) is 0 Å². The zero-order valence-corrected chi connectivity index (χ0v) is 18.2. The lowest BCUT2D eigenvalue weighted by Crippen LogP contribution is -2.61. The van der Waals surface area contributed by atoms with Gasteiger partial charge >= 0.3 is 12.1 Å². The fourth-order valence-corrected chi connectivity index (χ4v) is 5.26. The molecule has 3 aliphatic heterocycles. The summed E-state index contributed by atoms with van der Waals surface area (Å²) in [6.45, 7) is 3.10. The van der Waals surface area contributed by atoms with E-state index in [4.69, 9.17) is 11.6 Å². The zero-order valence-electron chi connectivity index (χ0n) is 16.7. The van der Waals surface area contributed by atoms with Crippen molar-refractivity contribution in [2.45, 2.75) is 44.6 Å². The predicted molar refractivity (Wildman–Crippen MR) is 109 cm³/mol. The number of sulfonamides is 1. The van der Waals surface area contributed by atoms with Crippen molar-refractivity contribution in [3.63, 3.8) is 0 Å². The summed E-state index contributed by atoms with van der Waals surface area (Å²) in [7, 11) is -3.77. The molecule has 1 N–H and O–H groups in total. The lowest BCUT2D eigenvalue weighted by Gasteiger charge is -2.40. The number of nitrogens with zero attached hydrogens (tertiary/aromatic N) is 4. The molecule has 0 saturated carbocycles. The Hall–Kier alpha value is -2.25. The number of hydrogen-bond donors (Lipinski definition) is 1. The standard InChI is InChI=1S/C18H17ClF5N5O2S/c1-3-32(30,31)29-13-5-4-11(19)7-10(13)8-14(29)28-9(2)6-12-15(27-28)26-16(25-12)17(20,21)18(22,23)24/h4-7,9,14H,3,8H2,1-2H3,(H,25,26,27). The first-order valence-corrected chi connectivity index (χ1v) is 11.4. The molecule has 2 atom stereocenters. The average Bonchev–Trinajstić information content (AvgIpc) is 3.27. The highest BCUT2D eigenvalue weighted by Gasteiger charge is 2.63. The van der Waals surface area contributed by atoms with Gasteiger partial charge in [0.15, 0.2) is 5.84 Å². The minimum atomic E-state index is -5.85. The molecule has 1 aromatic carbocycles. The van der Waals surface area contributed by atoms with Gasteiger partial charge in [0, 0.05) is 17.5 Å². The Kier molecular flexibility index (Phi) is 5.29. The summed E-state index contributed by atoms with van der Waals surface area (Å²) in [6.07, 6.45) is -5.14. The second-order valence-corrected chi connectivity index (χ2v) is 10.0. The first kappa shape index (κ1) is 22.9. The van der Waals surface area contributed by atoms with Crippen molar-refractivity contribution in [3.8, 4) is 0 Å². The Labute approximate surface area is 185 Å². The number of hydrazine groups is 1. The van der Waals surface area contributed by atoms with Crippen LogP contribution in [0.5, 0.6) is 0 Å². The fourth-order valence-electron chi connectivity index (χ4n) is 3.76. The third-order valence-electron chi connectivity index (χ3n) is 5.33. The molecule has 32 heavy (non-hydrogen) atoms. The summed E-state index contributed by atoms with van der Waals surface area (Å²) in [4.78, 5) is 6.72. The van der Waals surface area contributed by atoms with Gasteiger partial charge in [-0.05, 0) is 43.7 Å². The van der Waals surface area contributed by atoms with Crippen LogP contribution in [0.1, 0.15) is 19.4 Å². The van der Waals surface area contributed by atoms with Crippen LogP contribution < -0.4 is 9.73 Å². The van der Waals surface area contributed by atoms with Crippen molar-refractivity contribution in [2.75, 3.05) is 10.1 Å². The third-order valence-corrected chi connectivity index (χ3v) is 7.34. The van der Waals surface area contributed by atoms with Gasteiger partial charge in [-0.3, -0.25) is 9.73 Å². The van der Waals surface area contributed by atoms with Crippen LogP contribution >= 0.6 is 11.6 Å². The number of aliphatic imine (C=N–C) groups is 2. The highest BCUT2D eigenvalue weighted by atomic mass is 35.5. The molecule has 0 saturated heterocycles. The lowest BCUT2D eigenvalue weighted by molar-refractivity contribution is -0.249. The molecule has 3 aliphatic rings. The van der Waals surface area contributed by atoms with Gasteiger partial charge in [-0.15, -0.1) is 0 Å². The number of fused-ring (bicyclic) bond motifs is 2. The third kappa shape index (κ3) is 3.55. The number of amidine groups is 2. The van der Waals surface area contributed by atoms with E-state index in [1.807, 2.05) is 0 Å². The van der Waals surface area contributed by atoms with Crippen LogP contribution in [-0.4, -0.2) is 55.2 Å². The molecule has 2 unspecified atom stereocenters. The van der Waals surface area contributed by atoms with Gasteiger partial charge < -0.3 is 0 Å². The maximum Gasteiger partial charge on any atom is 0.461 e. The van der Waals surface area contributed by atoms with Crippen molar-refractivity contribution in [1.29, 1.82) is 0 Å². The van der Waals surface area contributed by atoms with Crippen LogP contribution in [-0.2, 0) is 16.4 Å². The molecule has 0 spiro atoms. The van der Waals surface area contributed by atoms with Crippen molar-refractivity contribution in [2.24, 2.45) is 9.98 Å². The molecular weight excluding hydrogens is 481 g/mol. The van der Waals surface area contributed by atoms with E-state index < -0.39 is 40.2 Å². The van der Waals surface area contributed by atoms with E-state index in [1.54, 1.807) is 25.1 Å². The summed E-state index contributed by atoms with van der Waals surface area (Å²) in [5.74, 6) is -7.43. The molecular formula is C18H17ClF5N5O2S. The number of hydrogen-bond acceptors (Lipinski definition) is 6. The van der Waals surface area contributed by atoms with Crippen molar-refractivity contribution in [3.05, 3.63) is 40.6 Å². The fraction of sp³-hybridized carbons (Fsp3) is 0.444. The van der Waals surface area contributed by atoms with Gasteiger partial charge in [-0.1, -0.05) is 11.6 Å². The van der Waals surface area contributed by atoms with Gasteiger partial charge in [0.05, 0.1) is 11.4 Å². The van der Waals surface area contributed by atoms with E-state index in [9.17, 15) is 30.4 Å². The number of benzene rings is 1. The molecule has 0 aromatic heterocycles. The second kappa shape index (κ2) is 7.39. The number of anilines is 1. The van der Waals surface area contributed by atoms with Crippen LogP contribution in [0.15, 0.2) is 40.0 Å². The summed E-state index contributed by atoms with van der Waals surface area (Å²) in [6, 6.07) is 4.13. The molecule has 4 rings (SSSR count). The molecule has 0 fully saturated rings. The van der Waals surface area contributed by atoms with Crippen LogP contribution in [0.25, 0.3) is 0 Å². The maximum absolute atomic E-state index is 13.7. The van der Waals surface area contributed by atoms with Crippen LogP contribution in [0, 0.1) is 0 Å².